The van der Waals surface area contributed by atoms with Gasteiger partial charge in [-0.2, -0.15) is 0 Å². The number of likely N-dealkylation sites (N-methyl/N-ethyl adjacent to an activating group) is 1. The summed E-state index contributed by atoms with van der Waals surface area (Å²) in [6.07, 6.45) is 0. The van der Waals surface area contributed by atoms with E-state index in [1.54, 1.807) is 0 Å². The molecule has 2 nitrogen and oxygen atoms in total. The van der Waals surface area contributed by atoms with Gasteiger partial charge in [0.2, 0.25) is 0 Å². The Bertz CT molecular complexity index is 298. The van der Waals surface area contributed by atoms with Crippen molar-refractivity contribution < 1.29 is 0 Å². The van der Waals surface area contributed by atoms with Crippen LogP contribution in [-0.2, 0) is 6.54 Å². The first kappa shape index (κ1) is 18.1. The van der Waals surface area contributed by atoms with Gasteiger partial charge in [0, 0.05) is 32.7 Å². The summed E-state index contributed by atoms with van der Waals surface area (Å²) in [6.45, 7) is 16.0. The largest absolute Gasteiger partial charge is 0.304 e. The van der Waals surface area contributed by atoms with Gasteiger partial charge in [0.1, 0.15) is 0 Å². The third-order valence-corrected chi connectivity index (χ3v) is 3.12. The van der Waals surface area contributed by atoms with Crippen LogP contribution in [-0.4, -0.2) is 43.0 Å². The molecule has 1 aromatic carbocycles. The topological polar surface area (TPSA) is 6.48 Å². The van der Waals surface area contributed by atoms with E-state index in [4.69, 9.17) is 0 Å². The van der Waals surface area contributed by atoms with Crippen molar-refractivity contribution in [1.29, 1.82) is 0 Å². The van der Waals surface area contributed by atoms with Crippen LogP contribution in [0.15, 0.2) is 24.3 Å². The molecular formula is C17H32N2. The molecule has 0 bridgehead atoms. The fourth-order valence-corrected chi connectivity index (χ4v) is 1.96. The summed E-state index contributed by atoms with van der Waals surface area (Å²) in [4.78, 5) is 4.93. The number of aryl methyl sites for hydroxylation is 1. The third-order valence-electron chi connectivity index (χ3n) is 3.12. The Morgan fingerprint density at radius 1 is 0.842 bits per heavy atom. The molecule has 1 aromatic rings. The molecule has 0 spiro atoms. The summed E-state index contributed by atoms with van der Waals surface area (Å²) >= 11 is 0. The first-order chi connectivity index (χ1) is 9.24. The molecule has 0 aromatic heterocycles. The Morgan fingerprint density at radius 3 is 1.79 bits per heavy atom. The summed E-state index contributed by atoms with van der Waals surface area (Å²) in [5, 5.41) is 0. The van der Waals surface area contributed by atoms with Crippen LogP contribution in [0.3, 0.4) is 0 Å². The van der Waals surface area contributed by atoms with Crippen molar-refractivity contribution in [2.45, 2.75) is 41.2 Å². The highest BCUT2D eigenvalue weighted by atomic mass is 15.2. The maximum absolute atomic E-state index is 2.53. The first-order valence-electron chi connectivity index (χ1n) is 7.70. The SMILES string of the molecule is CC.CC.Cc1ccc(CN2CCN(C)CC2)cc1. The molecule has 1 saturated heterocycles. The predicted molar refractivity (Wildman–Crippen MR) is 86.6 cm³/mol. The van der Waals surface area contributed by atoms with E-state index in [9.17, 15) is 0 Å². The molecule has 19 heavy (non-hydrogen) atoms. The van der Waals surface area contributed by atoms with Crippen LogP contribution in [0, 0.1) is 6.92 Å². The Kier molecular flexibility index (Phi) is 10.5. The second kappa shape index (κ2) is 11.0. The molecule has 2 rings (SSSR count). The van der Waals surface area contributed by atoms with Crippen LogP contribution < -0.4 is 0 Å². The van der Waals surface area contributed by atoms with Gasteiger partial charge < -0.3 is 4.90 Å². The van der Waals surface area contributed by atoms with Gasteiger partial charge >= 0.3 is 0 Å². The zero-order valence-electron chi connectivity index (χ0n) is 13.7. The predicted octanol–water partition coefficient (Wildman–Crippen LogP) is 3.79. The summed E-state index contributed by atoms with van der Waals surface area (Å²) in [6, 6.07) is 8.89. The standard InChI is InChI=1S/C13H20N2.2C2H6/c1-12-3-5-13(6-4-12)11-15-9-7-14(2)8-10-15;2*1-2/h3-6H,7-11H2,1-2H3;2*1-2H3. The molecule has 0 saturated carbocycles. The van der Waals surface area contributed by atoms with E-state index in [0.717, 1.165) is 6.54 Å². The smallest absolute Gasteiger partial charge is 0.0234 e. The van der Waals surface area contributed by atoms with Gasteiger partial charge in [0.05, 0.1) is 0 Å². The van der Waals surface area contributed by atoms with E-state index in [1.807, 2.05) is 27.7 Å². The van der Waals surface area contributed by atoms with Gasteiger partial charge in [-0.3, -0.25) is 4.90 Å². The normalized spacial score (nSPS) is 15.9. The Morgan fingerprint density at radius 2 is 1.32 bits per heavy atom. The van der Waals surface area contributed by atoms with Crippen molar-refractivity contribution in [3.8, 4) is 0 Å². The van der Waals surface area contributed by atoms with Crippen LogP contribution in [0.5, 0.6) is 0 Å². The molecule has 0 aliphatic carbocycles. The number of piperazine rings is 1. The highest BCUT2D eigenvalue weighted by Gasteiger charge is 2.13. The molecule has 1 aliphatic heterocycles. The minimum atomic E-state index is 1.11. The van der Waals surface area contributed by atoms with Crippen LogP contribution in [0.4, 0.5) is 0 Å². The van der Waals surface area contributed by atoms with E-state index < -0.39 is 0 Å². The lowest BCUT2D eigenvalue weighted by Gasteiger charge is -2.32. The zero-order chi connectivity index (χ0) is 14.7. The van der Waals surface area contributed by atoms with Crippen molar-refractivity contribution >= 4 is 0 Å². The average Bonchev–Trinajstić information content (AvgIpc) is 2.48. The van der Waals surface area contributed by atoms with Crippen LogP contribution in [0.2, 0.25) is 0 Å². The van der Waals surface area contributed by atoms with Crippen LogP contribution >= 0.6 is 0 Å². The maximum atomic E-state index is 2.53. The second-order valence-electron chi connectivity index (χ2n) is 4.57. The number of rotatable bonds is 2. The molecule has 1 heterocycles. The van der Waals surface area contributed by atoms with E-state index in [1.165, 1.54) is 37.3 Å². The van der Waals surface area contributed by atoms with E-state index in [-0.39, 0.29) is 0 Å². The van der Waals surface area contributed by atoms with Crippen molar-refractivity contribution in [2.75, 3.05) is 33.2 Å². The fraction of sp³-hybridized carbons (Fsp3) is 0.647. The molecule has 0 atom stereocenters. The summed E-state index contributed by atoms with van der Waals surface area (Å²) < 4.78 is 0. The van der Waals surface area contributed by atoms with Crippen LogP contribution in [0.1, 0.15) is 38.8 Å². The van der Waals surface area contributed by atoms with Gasteiger partial charge in [0.15, 0.2) is 0 Å². The highest BCUT2D eigenvalue weighted by molar-refractivity contribution is 5.21. The lowest BCUT2D eigenvalue weighted by atomic mass is 10.1. The molecule has 0 unspecified atom stereocenters. The lowest BCUT2D eigenvalue weighted by Crippen LogP contribution is -2.43. The van der Waals surface area contributed by atoms with Gasteiger partial charge in [0.25, 0.3) is 0 Å². The number of nitrogens with zero attached hydrogens (tertiary/aromatic N) is 2. The van der Waals surface area contributed by atoms with Gasteiger partial charge in [-0.25, -0.2) is 0 Å². The quantitative estimate of drug-likeness (QED) is 0.802. The fourth-order valence-electron chi connectivity index (χ4n) is 1.96. The maximum Gasteiger partial charge on any atom is 0.0234 e. The van der Waals surface area contributed by atoms with Crippen molar-refractivity contribution in [2.24, 2.45) is 0 Å². The third kappa shape index (κ3) is 7.34. The van der Waals surface area contributed by atoms with Crippen LogP contribution in [0.25, 0.3) is 0 Å². The van der Waals surface area contributed by atoms with Gasteiger partial charge in [-0.05, 0) is 19.5 Å². The average molecular weight is 264 g/mol. The summed E-state index contributed by atoms with van der Waals surface area (Å²) in [7, 11) is 2.20. The zero-order valence-corrected chi connectivity index (χ0v) is 13.7. The molecule has 0 N–H and O–H groups in total. The molecule has 0 amide bonds. The van der Waals surface area contributed by atoms with Crippen molar-refractivity contribution in [3.63, 3.8) is 0 Å². The van der Waals surface area contributed by atoms with Gasteiger partial charge in [-0.1, -0.05) is 57.5 Å². The Hall–Kier alpha value is -0.860. The van der Waals surface area contributed by atoms with Crippen molar-refractivity contribution in [3.05, 3.63) is 35.4 Å². The Balaban J connectivity index is 0.000000741. The molecular weight excluding hydrogens is 232 g/mol. The second-order valence-corrected chi connectivity index (χ2v) is 4.57. The molecule has 0 radical (unpaired) electrons. The monoisotopic (exact) mass is 264 g/mol. The number of hydrogen-bond acceptors (Lipinski definition) is 2. The minimum absolute atomic E-state index is 1.11. The van der Waals surface area contributed by atoms with Crippen molar-refractivity contribution in [1.82, 2.24) is 9.80 Å². The first-order valence-corrected chi connectivity index (χ1v) is 7.70. The van der Waals surface area contributed by atoms with E-state index >= 15 is 0 Å². The molecule has 110 valence electrons. The lowest BCUT2D eigenvalue weighted by molar-refractivity contribution is 0.148. The highest BCUT2D eigenvalue weighted by Crippen LogP contribution is 2.08. The van der Waals surface area contributed by atoms with Gasteiger partial charge in [-0.15, -0.1) is 0 Å². The molecule has 1 fully saturated rings. The summed E-state index contributed by atoms with van der Waals surface area (Å²) in [5.41, 5.74) is 2.78. The summed E-state index contributed by atoms with van der Waals surface area (Å²) in [5.74, 6) is 0. The number of benzene rings is 1. The molecule has 1 aliphatic rings. The minimum Gasteiger partial charge on any atom is -0.304 e. The van der Waals surface area contributed by atoms with E-state index in [0.29, 0.717) is 0 Å². The van der Waals surface area contributed by atoms with E-state index in [2.05, 4.69) is 48.0 Å². The Labute approximate surface area is 120 Å². The number of hydrogen-bond donors (Lipinski definition) is 0. The molecule has 2 heteroatoms.